The van der Waals surface area contributed by atoms with Crippen LogP contribution in [0.2, 0.25) is 0 Å². The van der Waals surface area contributed by atoms with Gasteiger partial charge in [-0.3, -0.25) is 4.79 Å². The van der Waals surface area contributed by atoms with Gasteiger partial charge in [-0.05, 0) is 44.7 Å². The summed E-state index contributed by atoms with van der Waals surface area (Å²) in [6, 6.07) is 7.42. The molecule has 0 N–H and O–H groups in total. The van der Waals surface area contributed by atoms with Crippen LogP contribution in [0.1, 0.15) is 38.2 Å². The van der Waals surface area contributed by atoms with Crippen molar-refractivity contribution < 1.29 is 17.6 Å². The molecule has 1 aromatic carbocycles. The third kappa shape index (κ3) is 3.95. The number of hydrogen-bond acceptors (Lipinski definition) is 6. The standard InChI is InChI=1S/C18H23N3O4S/c1-3-15-6-4-5-11-21(15)16(22)12-26(23,24)18-20-19-17(25-18)14-9-7-13(2)8-10-14/h7-10,15H,3-6,11-12H2,1-2H3. The van der Waals surface area contributed by atoms with Crippen molar-refractivity contribution in [1.82, 2.24) is 15.1 Å². The molecule has 8 heteroatoms. The molecular weight excluding hydrogens is 354 g/mol. The molecule has 0 saturated carbocycles. The number of amides is 1. The maximum atomic E-state index is 12.5. The normalized spacial score (nSPS) is 18.1. The van der Waals surface area contributed by atoms with Crippen LogP contribution in [0.15, 0.2) is 33.9 Å². The lowest BCUT2D eigenvalue weighted by molar-refractivity contribution is -0.132. The Labute approximate surface area is 153 Å². The summed E-state index contributed by atoms with van der Waals surface area (Å²) in [5, 5.41) is 6.95. The Hall–Kier alpha value is -2.22. The van der Waals surface area contributed by atoms with Gasteiger partial charge in [-0.15, -0.1) is 5.10 Å². The van der Waals surface area contributed by atoms with E-state index in [4.69, 9.17) is 4.42 Å². The number of carbonyl (C=O) groups is 1. The minimum Gasteiger partial charge on any atom is -0.408 e. The van der Waals surface area contributed by atoms with E-state index in [1.165, 1.54) is 0 Å². The van der Waals surface area contributed by atoms with E-state index in [1.54, 1.807) is 17.0 Å². The summed E-state index contributed by atoms with van der Waals surface area (Å²) in [6.45, 7) is 4.56. The first kappa shape index (κ1) is 18.6. The van der Waals surface area contributed by atoms with Gasteiger partial charge in [0.25, 0.3) is 0 Å². The number of aryl methyl sites for hydroxylation is 1. The molecule has 2 aromatic rings. The quantitative estimate of drug-likeness (QED) is 0.795. The minimum atomic E-state index is -3.97. The molecule has 1 aromatic heterocycles. The van der Waals surface area contributed by atoms with Crippen LogP contribution in [-0.2, 0) is 14.6 Å². The first-order valence-corrected chi connectivity index (χ1v) is 10.5. The van der Waals surface area contributed by atoms with Gasteiger partial charge in [0, 0.05) is 18.2 Å². The average molecular weight is 377 g/mol. The van der Waals surface area contributed by atoms with Crippen LogP contribution in [0.25, 0.3) is 11.5 Å². The van der Waals surface area contributed by atoms with E-state index in [0.29, 0.717) is 12.1 Å². The third-order valence-corrected chi connectivity index (χ3v) is 6.03. The van der Waals surface area contributed by atoms with Crippen molar-refractivity contribution in [2.75, 3.05) is 12.3 Å². The number of piperidine rings is 1. The lowest BCUT2D eigenvalue weighted by Crippen LogP contribution is -2.45. The van der Waals surface area contributed by atoms with Crippen LogP contribution >= 0.6 is 0 Å². The van der Waals surface area contributed by atoms with E-state index in [0.717, 1.165) is 31.2 Å². The summed E-state index contributed by atoms with van der Waals surface area (Å²) in [5.74, 6) is -0.911. The number of aromatic nitrogens is 2. The molecule has 1 unspecified atom stereocenters. The fraction of sp³-hybridized carbons (Fsp3) is 0.500. The molecule has 140 valence electrons. The second-order valence-corrected chi connectivity index (χ2v) is 8.51. The highest BCUT2D eigenvalue weighted by Gasteiger charge is 2.32. The molecule has 2 heterocycles. The molecule has 1 saturated heterocycles. The van der Waals surface area contributed by atoms with E-state index < -0.39 is 26.7 Å². The summed E-state index contributed by atoms with van der Waals surface area (Å²) in [7, 11) is -3.97. The van der Waals surface area contributed by atoms with E-state index in [-0.39, 0.29) is 11.9 Å². The fourth-order valence-electron chi connectivity index (χ4n) is 3.21. The maximum Gasteiger partial charge on any atom is 0.336 e. The van der Waals surface area contributed by atoms with Gasteiger partial charge in [-0.2, -0.15) is 0 Å². The van der Waals surface area contributed by atoms with Gasteiger partial charge >= 0.3 is 5.22 Å². The zero-order chi connectivity index (χ0) is 18.7. The summed E-state index contributed by atoms with van der Waals surface area (Å²) in [6.07, 6.45) is 3.71. The summed E-state index contributed by atoms with van der Waals surface area (Å²) in [4.78, 5) is 14.2. The first-order valence-electron chi connectivity index (χ1n) is 8.83. The molecule has 1 atom stereocenters. The fourth-order valence-corrected chi connectivity index (χ4v) is 4.19. The summed E-state index contributed by atoms with van der Waals surface area (Å²) < 4.78 is 30.4. The van der Waals surface area contributed by atoms with Gasteiger partial charge in [0.05, 0.1) is 0 Å². The maximum absolute atomic E-state index is 12.5. The largest absolute Gasteiger partial charge is 0.408 e. The van der Waals surface area contributed by atoms with E-state index in [2.05, 4.69) is 10.2 Å². The Bertz CT molecular complexity index is 874. The zero-order valence-corrected chi connectivity index (χ0v) is 15.8. The SMILES string of the molecule is CCC1CCCCN1C(=O)CS(=O)(=O)c1nnc(-c2ccc(C)cc2)o1. The van der Waals surface area contributed by atoms with Crippen molar-refractivity contribution in [2.45, 2.75) is 50.8 Å². The van der Waals surface area contributed by atoms with Crippen molar-refractivity contribution in [3.63, 3.8) is 0 Å². The van der Waals surface area contributed by atoms with Crippen molar-refractivity contribution in [2.24, 2.45) is 0 Å². The van der Waals surface area contributed by atoms with Crippen LogP contribution in [0.3, 0.4) is 0 Å². The Morgan fingerprint density at radius 2 is 1.96 bits per heavy atom. The molecule has 26 heavy (non-hydrogen) atoms. The average Bonchev–Trinajstić information content (AvgIpc) is 3.13. The number of benzene rings is 1. The topological polar surface area (TPSA) is 93.4 Å². The number of rotatable bonds is 5. The number of likely N-dealkylation sites (tertiary alicyclic amines) is 1. The molecule has 1 aliphatic heterocycles. The van der Waals surface area contributed by atoms with Crippen molar-refractivity contribution in [3.05, 3.63) is 29.8 Å². The predicted molar refractivity (Wildman–Crippen MR) is 96.2 cm³/mol. The Balaban J connectivity index is 1.76. The Morgan fingerprint density at radius 3 is 2.65 bits per heavy atom. The van der Waals surface area contributed by atoms with Crippen molar-refractivity contribution >= 4 is 15.7 Å². The number of sulfone groups is 1. The summed E-state index contributed by atoms with van der Waals surface area (Å²) in [5.41, 5.74) is 1.71. The number of nitrogens with zero attached hydrogens (tertiary/aromatic N) is 3. The Kier molecular flexibility index (Phi) is 5.41. The molecule has 0 spiro atoms. The molecule has 0 bridgehead atoms. The second-order valence-electron chi connectivity index (χ2n) is 6.64. The van der Waals surface area contributed by atoms with Gasteiger partial charge in [0.2, 0.25) is 21.6 Å². The molecule has 0 aliphatic carbocycles. The van der Waals surface area contributed by atoms with Gasteiger partial charge in [-0.25, -0.2) is 8.42 Å². The van der Waals surface area contributed by atoms with Gasteiger partial charge in [0.15, 0.2) is 0 Å². The number of hydrogen-bond donors (Lipinski definition) is 0. The van der Waals surface area contributed by atoms with Crippen molar-refractivity contribution in [1.29, 1.82) is 0 Å². The molecule has 3 rings (SSSR count). The lowest BCUT2D eigenvalue weighted by Gasteiger charge is -2.35. The molecule has 1 fully saturated rings. The molecule has 7 nitrogen and oxygen atoms in total. The second kappa shape index (κ2) is 7.57. The van der Waals surface area contributed by atoms with E-state index in [9.17, 15) is 13.2 Å². The van der Waals surface area contributed by atoms with E-state index >= 15 is 0 Å². The molecular formula is C18H23N3O4S. The highest BCUT2D eigenvalue weighted by molar-refractivity contribution is 7.91. The smallest absolute Gasteiger partial charge is 0.336 e. The Morgan fingerprint density at radius 1 is 1.23 bits per heavy atom. The summed E-state index contributed by atoms with van der Waals surface area (Å²) >= 11 is 0. The highest BCUT2D eigenvalue weighted by atomic mass is 32.2. The molecule has 1 aliphatic rings. The first-order chi connectivity index (χ1) is 12.4. The third-order valence-electron chi connectivity index (χ3n) is 4.70. The predicted octanol–water partition coefficient (Wildman–Crippen LogP) is 2.61. The monoisotopic (exact) mass is 377 g/mol. The van der Waals surface area contributed by atoms with Gasteiger partial charge < -0.3 is 9.32 Å². The van der Waals surface area contributed by atoms with Crippen LogP contribution < -0.4 is 0 Å². The van der Waals surface area contributed by atoms with Crippen LogP contribution in [-0.4, -0.2) is 47.8 Å². The van der Waals surface area contributed by atoms with Gasteiger partial charge in [0.1, 0.15) is 5.75 Å². The zero-order valence-electron chi connectivity index (χ0n) is 15.0. The van der Waals surface area contributed by atoms with E-state index in [1.807, 2.05) is 26.0 Å². The molecule has 1 amide bonds. The molecule has 0 radical (unpaired) electrons. The minimum absolute atomic E-state index is 0.109. The number of carbonyl (C=O) groups excluding carboxylic acids is 1. The van der Waals surface area contributed by atoms with Crippen molar-refractivity contribution in [3.8, 4) is 11.5 Å². The van der Waals surface area contributed by atoms with Crippen LogP contribution in [0, 0.1) is 6.92 Å². The van der Waals surface area contributed by atoms with Gasteiger partial charge in [-0.1, -0.05) is 29.7 Å². The van der Waals surface area contributed by atoms with Crippen LogP contribution in [0.5, 0.6) is 0 Å². The lowest BCUT2D eigenvalue weighted by atomic mass is 10.0. The highest BCUT2D eigenvalue weighted by Crippen LogP contribution is 2.23. The van der Waals surface area contributed by atoms with Crippen LogP contribution in [0.4, 0.5) is 0 Å².